The molecule has 0 aromatic carbocycles. The van der Waals surface area contributed by atoms with Crippen molar-refractivity contribution in [3.05, 3.63) is 29.8 Å². The van der Waals surface area contributed by atoms with E-state index in [-0.39, 0.29) is 11.5 Å². The summed E-state index contributed by atoms with van der Waals surface area (Å²) in [6, 6.07) is 1.53. The number of piperidine rings is 1. The second kappa shape index (κ2) is 5.95. The number of hydrogen-bond donors (Lipinski definition) is 1. The van der Waals surface area contributed by atoms with Crippen molar-refractivity contribution in [3.63, 3.8) is 0 Å². The molecule has 0 radical (unpaired) electrons. The Hall–Kier alpha value is -2.13. The number of methoxy groups -OCH3 is 1. The zero-order chi connectivity index (χ0) is 20.7. The fourth-order valence-electron chi connectivity index (χ4n) is 5.38. The molecule has 2 N–H and O–H groups in total. The number of pyridine rings is 1. The van der Waals surface area contributed by atoms with Crippen LogP contribution in [0, 0.1) is 11.8 Å². The summed E-state index contributed by atoms with van der Waals surface area (Å²) in [7, 11) is 1.71. The number of aromatic nitrogens is 3. The molecule has 4 heterocycles. The van der Waals surface area contributed by atoms with Gasteiger partial charge in [-0.15, -0.1) is 0 Å². The van der Waals surface area contributed by atoms with Crippen LogP contribution in [-0.4, -0.2) is 52.3 Å². The van der Waals surface area contributed by atoms with E-state index in [0.717, 1.165) is 25.0 Å². The van der Waals surface area contributed by atoms with Crippen LogP contribution in [0.3, 0.4) is 0 Å². The quantitative estimate of drug-likeness (QED) is 0.797. The molecule has 0 spiro atoms. The van der Waals surface area contributed by atoms with E-state index in [2.05, 4.69) is 28.3 Å². The summed E-state index contributed by atoms with van der Waals surface area (Å²) >= 11 is 0. The van der Waals surface area contributed by atoms with Crippen molar-refractivity contribution in [2.24, 2.45) is 11.8 Å². The van der Waals surface area contributed by atoms with Crippen molar-refractivity contribution in [2.45, 2.75) is 37.5 Å². The lowest BCUT2D eigenvalue weighted by Gasteiger charge is -2.18. The summed E-state index contributed by atoms with van der Waals surface area (Å²) in [5.41, 5.74) is 5.44. The Bertz CT molecular complexity index is 966. The predicted molar refractivity (Wildman–Crippen MR) is 101 cm³/mol. The minimum atomic E-state index is -4.55. The highest BCUT2D eigenvalue weighted by atomic mass is 19.4. The third-order valence-corrected chi connectivity index (χ3v) is 6.75. The minimum absolute atomic E-state index is 0.0622. The van der Waals surface area contributed by atoms with Gasteiger partial charge in [0.1, 0.15) is 11.6 Å². The number of nitrogens with two attached hydrogens (primary N) is 1. The van der Waals surface area contributed by atoms with Crippen molar-refractivity contribution in [2.75, 3.05) is 32.5 Å². The monoisotopic (exact) mass is 407 g/mol. The number of ether oxygens (including phenoxy) is 1. The van der Waals surface area contributed by atoms with Gasteiger partial charge in [0.05, 0.1) is 23.4 Å². The summed E-state index contributed by atoms with van der Waals surface area (Å²) in [6.45, 7) is 6.78. The molecule has 29 heavy (non-hydrogen) atoms. The average Bonchev–Trinajstić information content (AvgIpc) is 3.23. The number of alkyl halides is 3. The molecule has 4 atom stereocenters. The van der Waals surface area contributed by atoms with Gasteiger partial charge in [-0.2, -0.15) is 13.2 Å². The van der Waals surface area contributed by atoms with Crippen LogP contribution in [0.1, 0.15) is 31.2 Å². The SMILES string of the molecule is COCCN1C[C@@H]2[C@@H]3C1[C@@]23n1cc(-c2cnc(N)c(C(F)(F)F)c2)nc1C(C)C. The molecule has 2 bridgehead atoms. The van der Waals surface area contributed by atoms with Crippen molar-refractivity contribution in [1.29, 1.82) is 0 Å². The number of anilines is 1. The Kier molecular flexibility index (Phi) is 3.87. The molecule has 156 valence electrons. The lowest BCUT2D eigenvalue weighted by atomic mass is 10.1. The van der Waals surface area contributed by atoms with Crippen LogP contribution < -0.4 is 5.73 Å². The molecular weight excluding hydrogens is 383 g/mol. The lowest BCUT2D eigenvalue weighted by molar-refractivity contribution is -0.137. The number of nitrogens with zero attached hydrogens (tertiary/aromatic N) is 4. The molecule has 4 fully saturated rings. The lowest BCUT2D eigenvalue weighted by Crippen LogP contribution is -2.29. The Morgan fingerprint density at radius 1 is 1.38 bits per heavy atom. The second-order valence-electron chi connectivity index (χ2n) is 8.62. The molecule has 4 aliphatic rings. The summed E-state index contributed by atoms with van der Waals surface area (Å²) in [5, 5.41) is 0. The third-order valence-electron chi connectivity index (χ3n) is 6.75. The fourth-order valence-corrected chi connectivity index (χ4v) is 5.38. The van der Waals surface area contributed by atoms with Gasteiger partial charge >= 0.3 is 6.18 Å². The van der Waals surface area contributed by atoms with Gasteiger partial charge in [0, 0.05) is 62.0 Å². The van der Waals surface area contributed by atoms with Crippen LogP contribution in [0.4, 0.5) is 19.0 Å². The van der Waals surface area contributed by atoms with Crippen LogP contribution in [0.15, 0.2) is 18.5 Å². The standard InChI is InChI=1S/C20H24F3N5O/c1-10(2)18-26-14(11-6-12(20(21,22)23)17(24)25-7-11)9-28(18)19-13-8-27(4-5-29-3)16(19)15(13)19/h6-7,9-10,13,15-16H,4-5,8H2,1-3H3,(H2,24,25)/t13-,15-,16?,19-/m1/s1. The first kappa shape index (κ1) is 18.9. The topological polar surface area (TPSA) is 69.2 Å². The first-order valence-electron chi connectivity index (χ1n) is 9.87. The number of nitrogen functional groups attached to an aromatic ring is 1. The molecule has 6 nitrogen and oxygen atoms in total. The third kappa shape index (κ3) is 2.49. The molecular formula is C20H24F3N5O. The molecule has 1 unspecified atom stereocenters. The Morgan fingerprint density at radius 2 is 2.14 bits per heavy atom. The highest BCUT2D eigenvalue weighted by Crippen LogP contribution is 2.83. The zero-order valence-corrected chi connectivity index (χ0v) is 16.6. The van der Waals surface area contributed by atoms with Crippen LogP contribution in [0.25, 0.3) is 11.3 Å². The number of halogens is 3. The van der Waals surface area contributed by atoms with E-state index < -0.39 is 17.6 Å². The van der Waals surface area contributed by atoms with E-state index in [9.17, 15) is 13.2 Å². The van der Waals surface area contributed by atoms with Crippen molar-refractivity contribution in [3.8, 4) is 11.3 Å². The molecule has 6 rings (SSSR count). The van der Waals surface area contributed by atoms with E-state index in [0.29, 0.717) is 35.7 Å². The maximum atomic E-state index is 13.3. The van der Waals surface area contributed by atoms with E-state index in [1.54, 1.807) is 7.11 Å². The molecule has 9 heteroatoms. The van der Waals surface area contributed by atoms with E-state index in [4.69, 9.17) is 15.5 Å². The first-order chi connectivity index (χ1) is 13.7. The van der Waals surface area contributed by atoms with E-state index in [1.807, 2.05) is 6.20 Å². The average molecular weight is 407 g/mol. The Morgan fingerprint density at radius 3 is 2.76 bits per heavy atom. The predicted octanol–water partition coefficient (Wildman–Crippen LogP) is 2.96. The van der Waals surface area contributed by atoms with Gasteiger partial charge in [-0.05, 0) is 6.07 Å². The molecule has 0 amide bonds. The number of hydrogen-bond acceptors (Lipinski definition) is 5. The zero-order valence-electron chi connectivity index (χ0n) is 16.6. The Labute approximate surface area is 166 Å². The molecule has 2 aliphatic carbocycles. The number of imidazole rings is 1. The van der Waals surface area contributed by atoms with Gasteiger partial charge in [-0.25, -0.2) is 9.97 Å². The normalized spacial score (nSPS) is 30.1. The van der Waals surface area contributed by atoms with E-state index >= 15 is 0 Å². The summed E-state index contributed by atoms with van der Waals surface area (Å²) in [5.74, 6) is 1.78. The van der Waals surface area contributed by atoms with Crippen LogP contribution in [0.2, 0.25) is 0 Å². The first-order valence-corrected chi connectivity index (χ1v) is 9.87. The van der Waals surface area contributed by atoms with Crippen LogP contribution in [-0.2, 0) is 16.5 Å². The molecule has 2 aliphatic heterocycles. The minimum Gasteiger partial charge on any atom is -0.383 e. The summed E-state index contributed by atoms with van der Waals surface area (Å²) < 4.78 is 47.2. The maximum absolute atomic E-state index is 13.3. The highest BCUT2D eigenvalue weighted by Gasteiger charge is 2.93. The smallest absolute Gasteiger partial charge is 0.383 e. The second-order valence-corrected chi connectivity index (χ2v) is 8.62. The molecule has 2 saturated carbocycles. The van der Waals surface area contributed by atoms with Crippen molar-refractivity contribution in [1.82, 2.24) is 19.4 Å². The van der Waals surface area contributed by atoms with Gasteiger partial charge in [0.2, 0.25) is 0 Å². The van der Waals surface area contributed by atoms with E-state index in [1.165, 1.54) is 6.20 Å². The largest absolute Gasteiger partial charge is 0.419 e. The molecule has 2 saturated heterocycles. The molecule has 2 aromatic heterocycles. The van der Waals surface area contributed by atoms with Gasteiger partial charge in [0.15, 0.2) is 0 Å². The summed E-state index contributed by atoms with van der Waals surface area (Å²) in [4.78, 5) is 11.0. The van der Waals surface area contributed by atoms with Gasteiger partial charge in [0.25, 0.3) is 0 Å². The van der Waals surface area contributed by atoms with Crippen LogP contribution >= 0.6 is 0 Å². The number of rotatable bonds is 6. The Balaban J connectivity index is 1.50. The van der Waals surface area contributed by atoms with Gasteiger partial charge < -0.3 is 15.0 Å². The van der Waals surface area contributed by atoms with Crippen LogP contribution in [0.5, 0.6) is 0 Å². The summed E-state index contributed by atoms with van der Waals surface area (Å²) in [6.07, 6.45) is -1.26. The van der Waals surface area contributed by atoms with Crippen molar-refractivity contribution >= 4 is 5.82 Å². The van der Waals surface area contributed by atoms with Gasteiger partial charge in [-0.3, -0.25) is 4.90 Å². The maximum Gasteiger partial charge on any atom is 0.419 e. The fraction of sp³-hybridized carbons (Fsp3) is 0.600. The van der Waals surface area contributed by atoms with Crippen molar-refractivity contribution < 1.29 is 17.9 Å². The van der Waals surface area contributed by atoms with Gasteiger partial charge in [-0.1, -0.05) is 13.8 Å². The molecule has 2 aromatic rings. The number of fused-ring (bicyclic) bond motifs is 1. The highest BCUT2D eigenvalue weighted by molar-refractivity contribution is 5.63.